The van der Waals surface area contributed by atoms with E-state index in [9.17, 15) is 22.9 Å². The van der Waals surface area contributed by atoms with Crippen LogP contribution in [0.25, 0.3) is 0 Å². The van der Waals surface area contributed by atoms with Crippen LogP contribution in [0.1, 0.15) is 12.0 Å². The number of amides is 1. The summed E-state index contributed by atoms with van der Waals surface area (Å²) in [6.07, 6.45) is -3.78. The number of hydrogen-bond acceptors (Lipinski definition) is 4. The highest BCUT2D eigenvalue weighted by Crippen LogP contribution is 2.30. The van der Waals surface area contributed by atoms with E-state index >= 15 is 0 Å². The molecule has 0 N–H and O–H groups in total. The number of benzene rings is 1. The maximum Gasteiger partial charge on any atom is 0.416 e. The Kier molecular flexibility index (Phi) is 6.32. The molecule has 0 spiro atoms. The quantitative estimate of drug-likeness (QED) is 0.559. The Morgan fingerprint density at radius 1 is 1.31 bits per heavy atom. The average molecular weight is 366 g/mol. The third-order valence-electron chi connectivity index (χ3n) is 3.80. The second kappa shape index (κ2) is 8.46. The molecule has 0 aliphatic carbocycles. The number of alkyl halides is 3. The molecule has 2 rings (SSSR count). The lowest BCUT2D eigenvalue weighted by molar-refractivity contribution is -0.0882. The van der Waals surface area contributed by atoms with E-state index in [1.165, 1.54) is 4.90 Å². The zero-order valence-corrected chi connectivity index (χ0v) is 13.8. The van der Waals surface area contributed by atoms with Crippen molar-refractivity contribution in [2.75, 3.05) is 13.1 Å². The molecule has 0 aromatic heterocycles. The summed E-state index contributed by atoms with van der Waals surface area (Å²) >= 11 is 0. The van der Waals surface area contributed by atoms with Gasteiger partial charge in [0.05, 0.1) is 17.8 Å². The van der Waals surface area contributed by atoms with Crippen molar-refractivity contribution in [2.45, 2.75) is 19.2 Å². The third kappa shape index (κ3) is 5.05. The summed E-state index contributed by atoms with van der Waals surface area (Å²) in [4.78, 5) is 24.3. The standard InChI is InChI=1S/C18H17F3N2O3/c1-2-15(18(19,20)21)10-14-11-23(9-8-16(14)22-25)17(24)26-12-13-6-4-3-5-7-13/h2-7,10H,1,8-9,11-12H2/b15-10+. The first kappa shape index (κ1) is 19.4. The summed E-state index contributed by atoms with van der Waals surface area (Å²) in [7, 11) is 0. The molecule has 1 aliphatic heterocycles. The Morgan fingerprint density at radius 2 is 2.00 bits per heavy atom. The van der Waals surface area contributed by atoms with Crippen LogP contribution in [0.5, 0.6) is 0 Å². The molecule has 0 saturated heterocycles. The zero-order chi connectivity index (χ0) is 19.2. The van der Waals surface area contributed by atoms with E-state index in [4.69, 9.17) is 4.74 Å². The molecule has 0 saturated carbocycles. The van der Waals surface area contributed by atoms with E-state index in [1.807, 2.05) is 6.07 Å². The fourth-order valence-electron chi connectivity index (χ4n) is 2.42. The van der Waals surface area contributed by atoms with Crippen LogP contribution in [0, 0.1) is 4.91 Å². The molecule has 0 bridgehead atoms. The van der Waals surface area contributed by atoms with Gasteiger partial charge in [-0.2, -0.15) is 13.2 Å². The van der Waals surface area contributed by atoms with Gasteiger partial charge in [-0.3, -0.25) is 0 Å². The molecule has 0 atom stereocenters. The Bertz CT molecular complexity index is 740. The van der Waals surface area contributed by atoms with Crippen molar-refractivity contribution in [3.05, 3.63) is 76.4 Å². The first-order valence-electron chi connectivity index (χ1n) is 7.77. The van der Waals surface area contributed by atoms with Crippen LogP contribution >= 0.6 is 0 Å². The lowest BCUT2D eigenvalue weighted by Gasteiger charge is -2.27. The van der Waals surface area contributed by atoms with E-state index in [-0.39, 0.29) is 37.4 Å². The average Bonchev–Trinajstić information content (AvgIpc) is 2.63. The molecule has 0 unspecified atom stereocenters. The van der Waals surface area contributed by atoms with Crippen molar-refractivity contribution in [3.63, 3.8) is 0 Å². The van der Waals surface area contributed by atoms with Crippen molar-refractivity contribution >= 4 is 6.09 Å². The van der Waals surface area contributed by atoms with Crippen molar-refractivity contribution in [2.24, 2.45) is 5.18 Å². The number of carbonyl (C=O) groups excluding carboxylic acids is 1. The first-order chi connectivity index (χ1) is 12.3. The number of nitroso groups, excluding NO2 is 1. The number of halogens is 3. The van der Waals surface area contributed by atoms with Crippen LogP contribution in [-0.4, -0.2) is 30.3 Å². The smallest absolute Gasteiger partial charge is 0.416 e. The highest BCUT2D eigenvalue weighted by atomic mass is 19.4. The van der Waals surface area contributed by atoms with Gasteiger partial charge < -0.3 is 9.64 Å². The third-order valence-corrected chi connectivity index (χ3v) is 3.80. The molecule has 26 heavy (non-hydrogen) atoms. The van der Waals surface area contributed by atoms with Crippen LogP contribution < -0.4 is 0 Å². The molecule has 138 valence electrons. The number of carbonyl (C=O) groups is 1. The van der Waals surface area contributed by atoms with Gasteiger partial charge in [-0.1, -0.05) is 43.0 Å². The zero-order valence-electron chi connectivity index (χ0n) is 13.8. The topological polar surface area (TPSA) is 59.0 Å². The molecule has 0 fully saturated rings. The highest BCUT2D eigenvalue weighted by Gasteiger charge is 2.33. The molecular weight excluding hydrogens is 349 g/mol. The van der Waals surface area contributed by atoms with Gasteiger partial charge in [-0.05, 0) is 22.4 Å². The summed E-state index contributed by atoms with van der Waals surface area (Å²) in [6.45, 7) is 3.13. The van der Waals surface area contributed by atoms with Crippen molar-refractivity contribution < 1.29 is 22.7 Å². The summed E-state index contributed by atoms with van der Waals surface area (Å²) in [5, 5.41) is 2.79. The second-order valence-electron chi connectivity index (χ2n) is 5.58. The lowest BCUT2D eigenvalue weighted by Crippen LogP contribution is -2.37. The number of rotatable bonds is 5. The number of hydrogen-bond donors (Lipinski definition) is 0. The largest absolute Gasteiger partial charge is 0.445 e. The van der Waals surface area contributed by atoms with Gasteiger partial charge >= 0.3 is 12.3 Å². The summed E-state index contributed by atoms with van der Waals surface area (Å²) < 4.78 is 43.9. The van der Waals surface area contributed by atoms with Crippen LogP contribution in [-0.2, 0) is 11.3 Å². The molecule has 0 radical (unpaired) electrons. The summed E-state index contributed by atoms with van der Waals surface area (Å²) in [5.41, 5.74) is -0.209. The minimum atomic E-state index is -4.61. The van der Waals surface area contributed by atoms with E-state index < -0.39 is 17.8 Å². The van der Waals surface area contributed by atoms with E-state index in [0.29, 0.717) is 6.08 Å². The predicted molar refractivity (Wildman–Crippen MR) is 90.0 cm³/mol. The van der Waals surface area contributed by atoms with Gasteiger partial charge in [0.15, 0.2) is 0 Å². The van der Waals surface area contributed by atoms with Crippen molar-refractivity contribution in [3.8, 4) is 0 Å². The van der Waals surface area contributed by atoms with Crippen LogP contribution in [0.4, 0.5) is 18.0 Å². The Labute approximate surface area is 148 Å². The SMILES string of the molecule is C=C/C(=C\C1=C(N=O)CCN(C(=O)OCc2ccccc2)C1)C(F)(F)F. The van der Waals surface area contributed by atoms with Gasteiger partial charge in [0, 0.05) is 13.0 Å². The van der Waals surface area contributed by atoms with Crippen LogP contribution in [0.2, 0.25) is 0 Å². The van der Waals surface area contributed by atoms with Crippen molar-refractivity contribution in [1.29, 1.82) is 0 Å². The van der Waals surface area contributed by atoms with Gasteiger partial charge in [0.1, 0.15) is 6.61 Å². The summed E-state index contributed by atoms with van der Waals surface area (Å²) in [6, 6.07) is 8.99. The maximum absolute atomic E-state index is 12.9. The molecule has 1 heterocycles. The van der Waals surface area contributed by atoms with E-state index in [2.05, 4.69) is 11.8 Å². The van der Waals surface area contributed by atoms with Gasteiger partial charge in [-0.15, -0.1) is 4.91 Å². The first-order valence-corrected chi connectivity index (χ1v) is 7.77. The highest BCUT2D eigenvalue weighted by molar-refractivity contribution is 5.68. The van der Waals surface area contributed by atoms with Crippen molar-refractivity contribution in [1.82, 2.24) is 4.90 Å². The molecule has 1 amide bonds. The normalized spacial score (nSPS) is 15.7. The maximum atomic E-state index is 12.9. The summed E-state index contributed by atoms with van der Waals surface area (Å²) in [5.74, 6) is 0. The fraction of sp³-hybridized carbons (Fsp3) is 0.278. The Morgan fingerprint density at radius 3 is 2.58 bits per heavy atom. The van der Waals surface area contributed by atoms with Crippen LogP contribution in [0.15, 0.2) is 71.1 Å². The Hall–Kier alpha value is -2.90. The minimum absolute atomic E-state index is 0.0132. The molecule has 1 aromatic rings. The van der Waals surface area contributed by atoms with Gasteiger partial charge in [0.2, 0.25) is 0 Å². The molecule has 5 nitrogen and oxygen atoms in total. The van der Waals surface area contributed by atoms with E-state index in [0.717, 1.165) is 11.6 Å². The number of ether oxygens (including phenoxy) is 1. The fourth-order valence-corrected chi connectivity index (χ4v) is 2.42. The molecule has 1 aromatic carbocycles. The molecular formula is C18H17F3N2O3. The number of allylic oxidation sites excluding steroid dienone is 2. The molecule has 8 heteroatoms. The minimum Gasteiger partial charge on any atom is -0.445 e. The number of nitrogens with zero attached hydrogens (tertiary/aromatic N) is 2. The second-order valence-corrected chi connectivity index (χ2v) is 5.58. The monoisotopic (exact) mass is 366 g/mol. The van der Waals surface area contributed by atoms with Gasteiger partial charge in [-0.25, -0.2) is 4.79 Å². The predicted octanol–water partition coefficient (Wildman–Crippen LogP) is 4.72. The van der Waals surface area contributed by atoms with Crippen LogP contribution in [0.3, 0.4) is 0 Å². The van der Waals surface area contributed by atoms with E-state index in [1.54, 1.807) is 24.3 Å². The lowest BCUT2D eigenvalue weighted by atomic mass is 10.0. The van der Waals surface area contributed by atoms with Gasteiger partial charge in [0.25, 0.3) is 0 Å². The Balaban J connectivity index is 2.11. The molecule has 1 aliphatic rings.